The Bertz CT molecular complexity index is 734. The summed E-state index contributed by atoms with van der Waals surface area (Å²) >= 11 is 7.38. The molecule has 0 aromatic carbocycles. The maximum Gasteiger partial charge on any atom is 0.359 e. The van der Waals surface area contributed by atoms with E-state index in [0.717, 1.165) is 25.7 Å². The third-order valence-electron chi connectivity index (χ3n) is 4.27. The fourth-order valence-corrected chi connectivity index (χ4v) is 3.97. The first kappa shape index (κ1) is 17.2. The molecule has 1 atom stereocenters. The second-order valence-corrected chi connectivity index (χ2v) is 7.28. The Kier molecular flexibility index (Phi) is 5.40. The number of imidazole rings is 1. The number of carbonyl (C=O) groups is 2. The minimum absolute atomic E-state index is 0.0863. The van der Waals surface area contributed by atoms with Crippen LogP contribution in [0.5, 0.6) is 0 Å². The minimum Gasteiger partial charge on any atom is -0.448 e. The smallest absolute Gasteiger partial charge is 0.359 e. The highest BCUT2D eigenvalue weighted by atomic mass is 35.5. The first-order valence-corrected chi connectivity index (χ1v) is 9.44. The Morgan fingerprint density at radius 2 is 2.08 bits per heavy atom. The van der Waals surface area contributed by atoms with Gasteiger partial charge in [-0.05, 0) is 19.8 Å². The number of esters is 1. The van der Waals surface area contributed by atoms with Gasteiger partial charge in [0.25, 0.3) is 5.91 Å². The number of thiazole rings is 1. The molecule has 1 amide bonds. The first-order chi connectivity index (χ1) is 11.6. The van der Waals surface area contributed by atoms with Gasteiger partial charge >= 0.3 is 5.97 Å². The zero-order valence-corrected chi connectivity index (χ0v) is 15.0. The van der Waals surface area contributed by atoms with Gasteiger partial charge in [-0.1, -0.05) is 37.3 Å². The first-order valence-electron chi connectivity index (χ1n) is 8.18. The predicted octanol–water partition coefficient (Wildman–Crippen LogP) is 3.43. The number of hydrogen-bond acceptors (Lipinski definition) is 5. The summed E-state index contributed by atoms with van der Waals surface area (Å²) in [5, 5.41) is 4.88. The summed E-state index contributed by atoms with van der Waals surface area (Å²) in [7, 11) is 0. The molecule has 0 spiro atoms. The van der Waals surface area contributed by atoms with E-state index >= 15 is 0 Å². The van der Waals surface area contributed by atoms with Crippen molar-refractivity contribution in [2.24, 2.45) is 0 Å². The molecule has 130 valence electrons. The molecule has 24 heavy (non-hydrogen) atoms. The van der Waals surface area contributed by atoms with E-state index in [1.54, 1.807) is 22.9 Å². The Hall–Kier alpha value is -1.60. The van der Waals surface area contributed by atoms with Crippen molar-refractivity contribution in [3.8, 4) is 0 Å². The Labute approximate surface area is 149 Å². The molecule has 1 aliphatic carbocycles. The van der Waals surface area contributed by atoms with E-state index in [0.29, 0.717) is 4.96 Å². The molecule has 1 fully saturated rings. The van der Waals surface area contributed by atoms with Crippen LogP contribution in [0.4, 0.5) is 0 Å². The van der Waals surface area contributed by atoms with Crippen molar-refractivity contribution in [3.05, 3.63) is 22.4 Å². The van der Waals surface area contributed by atoms with Crippen LogP contribution in [0.1, 0.15) is 55.9 Å². The van der Waals surface area contributed by atoms with Crippen LogP contribution >= 0.6 is 22.9 Å². The fraction of sp³-hybridized carbons (Fsp3) is 0.562. The lowest BCUT2D eigenvalue weighted by atomic mass is 10.1. The van der Waals surface area contributed by atoms with Gasteiger partial charge in [0.15, 0.2) is 21.9 Å². The molecule has 1 N–H and O–H groups in total. The maximum atomic E-state index is 12.4. The van der Waals surface area contributed by atoms with E-state index in [-0.39, 0.29) is 22.8 Å². The second kappa shape index (κ2) is 7.53. The number of carbonyl (C=O) groups excluding carboxylic acids is 2. The Morgan fingerprint density at radius 1 is 1.38 bits per heavy atom. The van der Waals surface area contributed by atoms with Crippen molar-refractivity contribution >= 4 is 39.8 Å². The number of amides is 1. The quantitative estimate of drug-likeness (QED) is 0.662. The fourth-order valence-electron chi connectivity index (χ4n) is 2.95. The average Bonchev–Trinajstić information content (AvgIpc) is 2.98. The minimum atomic E-state index is -0.874. The van der Waals surface area contributed by atoms with Crippen molar-refractivity contribution in [2.75, 3.05) is 0 Å². The Morgan fingerprint density at radius 3 is 2.79 bits per heavy atom. The molecular formula is C16H20ClN3O3S. The van der Waals surface area contributed by atoms with E-state index in [2.05, 4.69) is 10.3 Å². The summed E-state index contributed by atoms with van der Waals surface area (Å²) < 4.78 is 6.87. The van der Waals surface area contributed by atoms with Gasteiger partial charge in [-0.25, -0.2) is 9.78 Å². The second-order valence-electron chi connectivity index (χ2n) is 6.05. The summed E-state index contributed by atoms with van der Waals surface area (Å²) in [4.78, 5) is 29.4. The van der Waals surface area contributed by atoms with E-state index in [1.807, 2.05) is 0 Å². The van der Waals surface area contributed by atoms with E-state index in [1.165, 1.54) is 24.2 Å². The van der Waals surface area contributed by atoms with Crippen LogP contribution in [-0.2, 0) is 9.53 Å². The third kappa shape index (κ3) is 3.72. The molecule has 0 aliphatic heterocycles. The summed E-state index contributed by atoms with van der Waals surface area (Å²) in [6, 6.07) is 0.170. The summed E-state index contributed by atoms with van der Waals surface area (Å²) in [5.41, 5.74) is 0.155. The van der Waals surface area contributed by atoms with Gasteiger partial charge < -0.3 is 10.1 Å². The van der Waals surface area contributed by atoms with Gasteiger partial charge in [0.05, 0.1) is 0 Å². The topological polar surface area (TPSA) is 72.7 Å². The molecule has 1 aliphatic rings. The summed E-state index contributed by atoms with van der Waals surface area (Å²) in [6.45, 7) is 1.57. The standard InChI is InChI=1S/C16H20ClN3O3S/c1-10(14(21)18-11-6-4-2-3-5-7-11)23-15(22)12-13(17)19-16-20(12)8-9-24-16/h8-11H,2-7H2,1H3,(H,18,21)/t10-/m0/s1. The van der Waals surface area contributed by atoms with Crippen molar-refractivity contribution < 1.29 is 14.3 Å². The van der Waals surface area contributed by atoms with Crippen LogP contribution in [0.3, 0.4) is 0 Å². The van der Waals surface area contributed by atoms with Gasteiger partial charge in [0.2, 0.25) is 0 Å². The van der Waals surface area contributed by atoms with Crippen LogP contribution in [-0.4, -0.2) is 33.4 Å². The lowest BCUT2D eigenvalue weighted by molar-refractivity contribution is -0.129. The number of nitrogens with zero attached hydrogens (tertiary/aromatic N) is 2. The van der Waals surface area contributed by atoms with Gasteiger partial charge in [-0.2, -0.15) is 0 Å². The number of halogens is 1. The number of fused-ring (bicyclic) bond motifs is 1. The molecule has 1 saturated carbocycles. The largest absolute Gasteiger partial charge is 0.448 e. The van der Waals surface area contributed by atoms with E-state index in [9.17, 15) is 9.59 Å². The van der Waals surface area contributed by atoms with Crippen LogP contribution in [0.15, 0.2) is 11.6 Å². The Balaban J connectivity index is 1.62. The highest BCUT2D eigenvalue weighted by Crippen LogP contribution is 2.22. The SMILES string of the molecule is C[C@H](OC(=O)c1c(Cl)nc2sccn12)C(=O)NC1CCCCCC1. The normalized spacial score (nSPS) is 17.4. The van der Waals surface area contributed by atoms with Crippen LogP contribution in [0, 0.1) is 0 Å². The molecule has 0 bridgehead atoms. The van der Waals surface area contributed by atoms with Gasteiger partial charge in [0.1, 0.15) is 0 Å². The molecule has 2 heterocycles. The maximum absolute atomic E-state index is 12.4. The molecular weight excluding hydrogens is 350 g/mol. The number of aromatic nitrogens is 2. The predicted molar refractivity (Wildman–Crippen MR) is 92.6 cm³/mol. The van der Waals surface area contributed by atoms with Crippen molar-refractivity contribution in [1.82, 2.24) is 14.7 Å². The van der Waals surface area contributed by atoms with E-state index < -0.39 is 12.1 Å². The number of nitrogens with one attached hydrogen (secondary N) is 1. The monoisotopic (exact) mass is 369 g/mol. The van der Waals surface area contributed by atoms with Crippen molar-refractivity contribution in [1.29, 1.82) is 0 Å². The average molecular weight is 370 g/mol. The van der Waals surface area contributed by atoms with Gasteiger partial charge in [0, 0.05) is 17.6 Å². The van der Waals surface area contributed by atoms with Crippen LogP contribution in [0.2, 0.25) is 5.15 Å². The lowest BCUT2D eigenvalue weighted by Gasteiger charge is -2.19. The molecule has 2 aromatic rings. The molecule has 0 unspecified atom stereocenters. The van der Waals surface area contributed by atoms with Gasteiger partial charge in [-0.15, -0.1) is 11.3 Å². The number of rotatable bonds is 4. The molecule has 0 radical (unpaired) electrons. The lowest BCUT2D eigenvalue weighted by Crippen LogP contribution is -2.42. The molecule has 8 heteroatoms. The zero-order valence-electron chi connectivity index (χ0n) is 13.5. The highest BCUT2D eigenvalue weighted by Gasteiger charge is 2.26. The highest BCUT2D eigenvalue weighted by molar-refractivity contribution is 7.15. The van der Waals surface area contributed by atoms with Crippen LogP contribution < -0.4 is 5.32 Å². The molecule has 3 rings (SSSR count). The molecule has 0 saturated heterocycles. The summed E-state index contributed by atoms with van der Waals surface area (Å²) in [6.07, 6.45) is 7.47. The zero-order chi connectivity index (χ0) is 17.1. The van der Waals surface area contributed by atoms with Gasteiger partial charge in [-0.3, -0.25) is 9.20 Å². The van der Waals surface area contributed by atoms with Crippen molar-refractivity contribution in [3.63, 3.8) is 0 Å². The van der Waals surface area contributed by atoms with E-state index in [4.69, 9.17) is 16.3 Å². The van der Waals surface area contributed by atoms with Crippen molar-refractivity contribution in [2.45, 2.75) is 57.6 Å². The van der Waals surface area contributed by atoms with Crippen LogP contribution in [0.25, 0.3) is 4.96 Å². The third-order valence-corrected chi connectivity index (χ3v) is 5.29. The molecule has 2 aromatic heterocycles. The number of hydrogen-bond donors (Lipinski definition) is 1. The number of ether oxygens (including phenoxy) is 1. The summed E-state index contributed by atoms with van der Waals surface area (Å²) in [5.74, 6) is -0.910. The molecule has 6 nitrogen and oxygen atoms in total.